The number of nitrogens with one attached hydrogen (secondary N) is 1. The van der Waals surface area contributed by atoms with Crippen molar-refractivity contribution in [3.05, 3.63) is 35.4 Å². The van der Waals surface area contributed by atoms with Crippen molar-refractivity contribution < 1.29 is 17.9 Å². The minimum absolute atomic E-state index is 0.0607. The number of hydrogen-bond donors (Lipinski definition) is 1. The summed E-state index contributed by atoms with van der Waals surface area (Å²) in [5.41, 5.74) is 0.626. The van der Waals surface area contributed by atoms with E-state index >= 15 is 0 Å². The maximum atomic E-state index is 12.0. The summed E-state index contributed by atoms with van der Waals surface area (Å²) in [5, 5.41) is 11.7. The van der Waals surface area contributed by atoms with Gasteiger partial charge >= 0.3 is 0 Å². The van der Waals surface area contributed by atoms with E-state index in [0.29, 0.717) is 17.7 Å². The van der Waals surface area contributed by atoms with Crippen LogP contribution in [0, 0.1) is 11.3 Å². The number of amides is 1. The van der Waals surface area contributed by atoms with Crippen molar-refractivity contribution in [2.45, 2.75) is 12.5 Å². The topological polar surface area (TPSA) is 96.3 Å². The zero-order valence-electron chi connectivity index (χ0n) is 12.1. The van der Waals surface area contributed by atoms with Crippen molar-refractivity contribution >= 4 is 21.8 Å². The molecular weight excluding hydrogens is 304 g/mol. The molecule has 1 fully saturated rings. The molecule has 2 rings (SSSR count). The van der Waals surface area contributed by atoms with E-state index < -0.39 is 21.8 Å². The van der Waals surface area contributed by atoms with E-state index in [1.54, 1.807) is 31.4 Å². The molecular formula is C15H16N2O4S. The Morgan fingerprint density at radius 2 is 2.09 bits per heavy atom. The maximum Gasteiger partial charge on any atom is 0.262 e. The number of nitrogens with zero attached hydrogens (tertiary/aromatic N) is 1. The Labute approximate surface area is 129 Å². The normalized spacial score (nSPS) is 20.2. The fourth-order valence-corrected chi connectivity index (χ4v) is 3.86. The zero-order chi connectivity index (χ0) is 16.2. The van der Waals surface area contributed by atoms with Gasteiger partial charge in [0.25, 0.3) is 5.91 Å². The molecule has 7 heteroatoms. The molecule has 0 aromatic heterocycles. The van der Waals surface area contributed by atoms with Gasteiger partial charge in [-0.3, -0.25) is 4.79 Å². The second kappa shape index (κ2) is 6.62. The van der Waals surface area contributed by atoms with E-state index in [0.717, 1.165) is 0 Å². The molecule has 0 spiro atoms. The van der Waals surface area contributed by atoms with Gasteiger partial charge in [-0.25, -0.2) is 8.42 Å². The Hall–Kier alpha value is -2.33. The highest BCUT2D eigenvalue weighted by molar-refractivity contribution is 7.91. The van der Waals surface area contributed by atoms with E-state index in [4.69, 9.17) is 10.00 Å². The molecule has 0 aliphatic carbocycles. The Balaban J connectivity index is 2.08. The van der Waals surface area contributed by atoms with Gasteiger partial charge in [-0.05, 0) is 30.2 Å². The second-order valence-electron chi connectivity index (χ2n) is 5.02. The van der Waals surface area contributed by atoms with Crippen molar-refractivity contribution in [1.82, 2.24) is 5.32 Å². The summed E-state index contributed by atoms with van der Waals surface area (Å²) in [4.78, 5) is 12.0. The highest BCUT2D eigenvalue weighted by Gasteiger charge is 2.29. The van der Waals surface area contributed by atoms with Crippen molar-refractivity contribution in [2.75, 3.05) is 18.6 Å². The third-order valence-electron chi connectivity index (χ3n) is 3.36. The molecule has 1 aromatic carbocycles. The monoisotopic (exact) mass is 320 g/mol. The summed E-state index contributed by atoms with van der Waals surface area (Å²) in [6, 6.07) is 8.32. The number of carbonyl (C=O) groups excluding carboxylic acids is 1. The molecule has 1 aliphatic rings. The molecule has 1 aliphatic heterocycles. The van der Waals surface area contributed by atoms with Crippen LogP contribution >= 0.6 is 0 Å². The van der Waals surface area contributed by atoms with Crippen LogP contribution in [0.2, 0.25) is 0 Å². The molecule has 0 bridgehead atoms. The number of benzene rings is 1. The van der Waals surface area contributed by atoms with Crippen LogP contribution in [-0.2, 0) is 14.6 Å². The van der Waals surface area contributed by atoms with Crippen molar-refractivity contribution in [2.24, 2.45) is 0 Å². The molecule has 1 atom stereocenters. The first-order valence-electron chi connectivity index (χ1n) is 6.70. The summed E-state index contributed by atoms with van der Waals surface area (Å²) in [6.45, 7) is 0. The third kappa shape index (κ3) is 4.09. The SMILES string of the molecule is COc1ccc(/C=C(\C#N)C(=O)N[C@@H]2CCS(=O)(=O)C2)cc1. The molecule has 0 saturated carbocycles. The standard InChI is InChI=1S/C15H16N2O4S/c1-21-14-4-2-11(3-5-14)8-12(9-16)15(18)17-13-6-7-22(19,20)10-13/h2-5,8,13H,6-7,10H2,1H3,(H,17,18)/b12-8+/t13-/m1/s1. The van der Waals surface area contributed by atoms with E-state index in [-0.39, 0.29) is 17.1 Å². The van der Waals surface area contributed by atoms with Gasteiger partial charge in [0, 0.05) is 6.04 Å². The number of sulfone groups is 1. The van der Waals surface area contributed by atoms with Gasteiger partial charge in [-0.1, -0.05) is 12.1 Å². The molecule has 6 nitrogen and oxygen atoms in total. The van der Waals surface area contributed by atoms with Crippen LogP contribution in [-0.4, -0.2) is 39.0 Å². The lowest BCUT2D eigenvalue weighted by molar-refractivity contribution is -0.117. The molecule has 116 valence electrons. The molecule has 0 unspecified atom stereocenters. The first kappa shape index (κ1) is 16.0. The van der Waals surface area contributed by atoms with Crippen LogP contribution in [0.4, 0.5) is 0 Å². The fraction of sp³-hybridized carbons (Fsp3) is 0.333. The number of methoxy groups -OCH3 is 1. The largest absolute Gasteiger partial charge is 0.497 e. The quantitative estimate of drug-likeness (QED) is 0.657. The maximum absolute atomic E-state index is 12.0. The van der Waals surface area contributed by atoms with E-state index in [1.807, 2.05) is 6.07 Å². The Morgan fingerprint density at radius 1 is 1.41 bits per heavy atom. The van der Waals surface area contributed by atoms with Gasteiger partial charge in [0.2, 0.25) is 0 Å². The lowest BCUT2D eigenvalue weighted by Gasteiger charge is -2.09. The summed E-state index contributed by atoms with van der Waals surface area (Å²) < 4.78 is 27.8. The van der Waals surface area contributed by atoms with Gasteiger partial charge in [0.1, 0.15) is 17.4 Å². The van der Waals surface area contributed by atoms with Gasteiger partial charge in [-0.15, -0.1) is 0 Å². The molecule has 1 aromatic rings. The van der Waals surface area contributed by atoms with Crippen LogP contribution < -0.4 is 10.1 Å². The summed E-state index contributed by atoms with van der Waals surface area (Å²) >= 11 is 0. The van der Waals surface area contributed by atoms with Gasteiger partial charge < -0.3 is 10.1 Å². The molecule has 0 radical (unpaired) electrons. The molecule has 22 heavy (non-hydrogen) atoms. The minimum atomic E-state index is -3.07. The van der Waals surface area contributed by atoms with Gasteiger partial charge in [-0.2, -0.15) is 5.26 Å². The third-order valence-corrected chi connectivity index (χ3v) is 5.13. The van der Waals surface area contributed by atoms with Crippen LogP contribution in [0.1, 0.15) is 12.0 Å². The predicted molar refractivity (Wildman–Crippen MR) is 81.8 cm³/mol. The summed E-state index contributed by atoms with van der Waals surface area (Å²) in [6.07, 6.45) is 1.84. The predicted octanol–water partition coefficient (Wildman–Crippen LogP) is 0.905. The Kier molecular flexibility index (Phi) is 4.83. The first-order chi connectivity index (χ1) is 10.4. The van der Waals surface area contributed by atoms with Crippen LogP contribution in [0.25, 0.3) is 6.08 Å². The van der Waals surface area contributed by atoms with Gasteiger partial charge in [0.05, 0.1) is 18.6 Å². The fourth-order valence-electron chi connectivity index (χ4n) is 2.19. The average molecular weight is 320 g/mol. The Morgan fingerprint density at radius 3 is 2.59 bits per heavy atom. The highest BCUT2D eigenvalue weighted by Crippen LogP contribution is 2.15. The minimum Gasteiger partial charge on any atom is -0.497 e. The first-order valence-corrected chi connectivity index (χ1v) is 8.53. The van der Waals surface area contributed by atoms with E-state index in [1.165, 1.54) is 6.08 Å². The van der Waals surface area contributed by atoms with Crippen molar-refractivity contribution in [3.63, 3.8) is 0 Å². The number of nitriles is 1. The molecule has 1 saturated heterocycles. The second-order valence-corrected chi connectivity index (χ2v) is 7.25. The average Bonchev–Trinajstić information content (AvgIpc) is 2.84. The van der Waals surface area contributed by atoms with E-state index in [9.17, 15) is 13.2 Å². The number of hydrogen-bond acceptors (Lipinski definition) is 5. The molecule has 1 N–H and O–H groups in total. The van der Waals surface area contributed by atoms with E-state index in [2.05, 4.69) is 5.32 Å². The summed E-state index contributed by atoms with van der Waals surface area (Å²) in [7, 11) is -1.52. The lowest BCUT2D eigenvalue weighted by Crippen LogP contribution is -2.36. The molecule has 1 amide bonds. The lowest BCUT2D eigenvalue weighted by atomic mass is 10.1. The molecule has 1 heterocycles. The number of carbonyl (C=O) groups is 1. The van der Waals surface area contributed by atoms with Crippen molar-refractivity contribution in [3.8, 4) is 11.8 Å². The summed E-state index contributed by atoms with van der Waals surface area (Å²) in [5.74, 6) is 0.124. The Bertz CT molecular complexity index is 730. The van der Waals surface area contributed by atoms with Crippen LogP contribution in [0.5, 0.6) is 5.75 Å². The van der Waals surface area contributed by atoms with Gasteiger partial charge in [0.15, 0.2) is 9.84 Å². The highest BCUT2D eigenvalue weighted by atomic mass is 32.2. The van der Waals surface area contributed by atoms with Crippen LogP contribution in [0.15, 0.2) is 29.8 Å². The smallest absolute Gasteiger partial charge is 0.262 e. The van der Waals surface area contributed by atoms with Crippen molar-refractivity contribution in [1.29, 1.82) is 5.26 Å². The number of rotatable bonds is 4. The number of ether oxygens (including phenoxy) is 1. The zero-order valence-corrected chi connectivity index (χ0v) is 12.9. The van der Waals surface area contributed by atoms with Crippen LogP contribution in [0.3, 0.4) is 0 Å².